The van der Waals surface area contributed by atoms with E-state index in [-0.39, 0.29) is 37.0 Å². The number of imide groups is 1. The van der Waals surface area contributed by atoms with Gasteiger partial charge in [0.05, 0.1) is 11.1 Å². The molecule has 3 fully saturated rings. The Labute approximate surface area is 244 Å². The molecule has 1 N–H and O–H groups in total. The number of ether oxygens (including phenoxy) is 1. The lowest BCUT2D eigenvalue weighted by Gasteiger charge is -2.43. The van der Waals surface area contributed by atoms with Gasteiger partial charge in [0.25, 0.3) is 11.5 Å². The van der Waals surface area contributed by atoms with E-state index in [2.05, 4.69) is 20.2 Å². The second-order valence-corrected chi connectivity index (χ2v) is 11.3. The van der Waals surface area contributed by atoms with Gasteiger partial charge in [-0.15, -0.1) is 0 Å². The quantitative estimate of drug-likeness (QED) is 0.464. The van der Waals surface area contributed by atoms with Crippen LogP contribution in [0.25, 0.3) is 10.8 Å². The van der Waals surface area contributed by atoms with E-state index < -0.39 is 11.9 Å². The number of piperazine rings is 1. The summed E-state index contributed by atoms with van der Waals surface area (Å²) in [6.07, 6.45) is 2.17. The molecule has 0 aliphatic carbocycles. The molecule has 3 aliphatic heterocycles. The average Bonchev–Trinajstić information content (AvgIpc) is 3.02. The fraction of sp³-hybridized carbons (Fsp3) is 0.452. The third kappa shape index (κ3) is 5.74. The van der Waals surface area contributed by atoms with Crippen LogP contribution in [0.3, 0.4) is 0 Å². The highest BCUT2D eigenvalue weighted by molar-refractivity contribution is 5.99. The van der Waals surface area contributed by atoms with Crippen molar-refractivity contribution < 1.29 is 19.1 Å². The topological polar surface area (TPSA) is 117 Å². The SMILES string of the molecule is Cc1nn(C2CCC(=O)NC2=O)c(=O)c2cc(N3CCC(N4CCN(C(=O)OCc5ccccc5)CC4)CC3)ccc12. The summed E-state index contributed by atoms with van der Waals surface area (Å²) >= 11 is 0. The summed E-state index contributed by atoms with van der Waals surface area (Å²) in [5.41, 5.74) is 2.31. The van der Waals surface area contributed by atoms with Gasteiger partial charge in [-0.05, 0) is 43.9 Å². The highest BCUT2D eigenvalue weighted by atomic mass is 16.6. The second kappa shape index (κ2) is 11.9. The minimum absolute atomic E-state index is 0.185. The number of amides is 3. The molecule has 3 amide bonds. The summed E-state index contributed by atoms with van der Waals surface area (Å²) in [5.74, 6) is -0.807. The summed E-state index contributed by atoms with van der Waals surface area (Å²) in [4.78, 5) is 56.6. The van der Waals surface area contributed by atoms with E-state index in [0.29, 0.717) is 30.2 Å². The molecule has 3 aromatic rings. The van der Waals surface area contributed by atoms with Gasteiger partial charge >= 0.3 is 6.09 Å². The van der Waals surface area contributed by atoms with E-state index in [1.165, 1.54) is 4.68 Å². The molecule has 11 heteroatoms. The molecular weight excluding hydrogens is 536 g/mol. The number of fused-ring (bicyclic) bond motifs is 1. The van der Waals surface area contributed by atoms with Crippen LogP contribution in [0.2, 0.25) is 0 Å². The molecule has 0 saturated carbocycles. The van der Waals surface area contributed by atoms with Gasteiger partial charge < -0.3 is 14.5 Å². The molecule has 1 unspecified atom stereocenters. The number of hydrogen-bond acceptors (Lipinski definition) is 8. The van der Waals surface area contributed by atoms with E-state index in [1.807, 2.05) is 55.5 Å². The van der Waals surface area contributed by atoms with Gasteiger partial charge in [-0.2, -0.15) is 5.10 Å². The number of carbonyl (C=O) groups excluding carboxylic acids is 3. The molecule has 1 atom stereocenters. The van der Waals surface area contributed by atoms with Crippen molar-refractivity contribution in [1.82, 2.24) is 24.9 Å². The lowest BCUT2D eigenvalue weighted by molar-refractivity contribution is -0.136. The first-order chi connectivity index (χ1) is 20.4. The van der Waals surface area contributed by atoms with Gasteiger partial charge in [-0.1, -0.05) is 36.4 Å². The van der Waals surface area contributed by atoms with Crippen molar-refractivity contribution in [2.24, 2.45) is 0 Å². The summed E-state index contributed by atoms with van der Waals surface area (Å²) in [7, 11) is 0. The zero-order valence-electron chi connectivity index (χ0n) is 23.8. The fourth-order valence-corrected chi connectivity index (χ4v) is 6.30. The zero-order chi connectivity index (χ0) is 29.2. The molecule has 0 bridgehead atoms. The lowest BCUT2D eigenvalue weighted by Crippen LogP contribution is -2.54. The molecule has 0 radical (unpaired) electrons. The predicted octanol–water partition coefficient (Wildman–Crippen LogP) is 2.61. The van der Waals surface area contributed by atoms with Gasteiger partial charge in [0.15, 0.2) is 0 Å². The Morgan fingerprint density at radius 1 is 0.929 bits per heavy atom. The Bertz CT molecular complexity index is 1540. The predicted molar refractivity (Wildman–Crippen MR) is 157 cm³/mol. The molecule has 42 heavy (non-hydrogen) atoms. The van der Waals surface area contributed by atoms with Gasteiger partial charge in [-0.25, -0.2) is 9.48 Å². The van der Waals surface area contributed by atoms with Gasteiger partial charge in [0.2, 0.25) is 5.91 Å². The van der Waals surface area contributed by atoms with Crippen molar-refractivity contribution >= 4 is 34.4 Å². The first-order valence-electron chi connectivity index (χ1n) is 14.7. The Morgan fingerprint density at radius 2 is 1.67 bits per heavy atom. The molecular formula is C31H36N6O5. The Balaban J connectivity index is 1.06. The summed E-state index contributed by atoms with van der Waals surface area (Å²) in [6, 6.07) is 15.3. The van der Waals surface area contributed by atoms with Crippen LogP contribution in [-0.2, 0) is 20.9 Å². The number of nitrogens with zero attached hydrogens (tertiary/aromatic N) is 5. The number of nitrogens with one attached hydrogen (secondary N) is 1. The minimum atomic E-state index is -0.788. The highest BCUT2D eigenvalue weighted by Gasteiger charge is 2.32. The van der Waals surface area contributed by atoms with Crippen LogP contribution in [0.15, 0.2) is 53.3 Å². The van der Waals surface area contributed by atoms with Crippen LogP contribution in [0.1, 0.15) is 43.0 Å². The molecule has 0 spiro atoms. The number of rotatable bonds is 5. The van der Waals surface area contributed by atoms with Gasteiger partial charge in [0.1, 0.15) is 12.6 Å². The first-order valence-corrected chi connectivity index (χ1v) is 14.7. The van der Waals surface area contributed by atoms with E-state index >= 15 is 0 Å². The molecule has 220 valence electrons. The third-order valence-electron chi connectivity index (χ3n) is 8.72. The number of anilines is 1. The van der Waals surface area contributed by atoms with Crippen molar-refractivity contribution in [3.05, 3.63) is 70.1 Å². The van der Waals surface area contributed by atoms with Crippen LogP contribution >= 0.6 is 0 Å². The normalized spacial score (nSPS) is 20.5. The maximum absolute atomic E-state index is 13.5. The van der Waals surface area contributed by atoms with E-state index in [1.54, 1.807) is 4.90 Å². The number of benzene rings is 2. The van der Waals surface area contributed by atoms with Crippen molar-refractivity contribution in [3.63, 3.8) is 0 Å². The summed E-state index contributed by atoms with van der Waals surface area (Å²) in [6.45, 7) is 6.81. The van der Waals surface area contributed by atoms with Crippen molar-refractivity contribution in [3.8, 4) is 0 Å². The van der Waals surface area contributed by atoms with Gasteiger partial charge in [-0.3, -0.25) is 24.6 Å². The average molecular weight is 573 g/mol. The van der Waals surface area contributed by atoms with Crippen LogP contribution in [-0.4, -0.2) is 82.8 Å². The van der Waals surface area contributed by atoms with Crippen molar-refractivity contribution in [2.45, 2.75) is 51.3 Å². The van der Waals surface area contributed by atoms with Crippen LogP contribution < -0.4 is 15.8 Å². The number of piperidine rings is 2. The monoisotopic (exact) mass is 572 g/mol. The number of hydrogen-bond donors (Lipinski definition) is 1. The van der Waals surface area contributed by atoms with Crippen LogP contribution in [0.4, 0.5) is 10.5 Å². The van der Waals surface area contributed by atoms with Crippen molar-refractivity contribution in [1.29, 1.82) is 0 Å². The maximum atomic E-state index is 13.5. The fourth-order valence-electron chi connectivity index (χ4n) is 6.30. The molecule has 3 aliphatic rings. The smallest absolute Gasteiger partial charge is 0.410 e. The first kappa shape index (κ1) is 27.9. The van der Waals surface area contributed by atoms with E-state index in [0.717, 1.165) is 55.7 Å². The minimum Gasteiger partial charge on any atom is -0.445 e. The van der Waals surface area contributed by atoms with Gasteiger partial charge in [0, 0.05) is 62.8 Å². The number of aryl methyl sites for hydroxylation is 1. The Morgan fingerprint density at radius 3 is 2.38 bits per heavy atom. The van der Waals surface area contributed by atoms with Crippen LogP contribution in [0, 0.1) is 6.92 Å². The van der Waals surface area contributed by atoms with E-state index in [9.17, 15) is 19.2 Å². The highest BCUT2D eigenvalue weighted by Crippen LogP contribution is 2.27. The molecule has 1 aromatic heterocycles. The Kier molecular flexibility index (Phi) is 7.92. The second-order valence-electron chi connectivity index (χ2n) is 11.3. The number of carbonyl (C=O) groups is 3. The molecule has 3 saturated heterocycles. The Hall–Kier alpha value is -4.25. The number of aromatic nitrogens is 2. The standard InChI is InChI=1S/C31H36N6O5/c1-21-25-8-7-24(19-26(25)30(40)37(33-21)27-9-10-28(38)32-29(27)39)34-13-11-23(12-14-34)35-15-17-36(18-16-35)31(41)42-20-22-5-3-2-4-6-22/h2-8,19,23,27H,9-18,20H2,1H3,(H,32,38,39). The van der Waals surface area contributed by atoms with Crippen molar-refractivity contribution in [2.75, 3.05) is 44.2 Å². The molecule has 4 heterocycles. The molecule has 6 rings (SSSR count). The largest absolute Gasteiger partial charge is 0.445 e. The molecule has 2 aromatic carbocycles. The summed E-state index contributed by atoms with van der Waals surface area (Å²) < 4.78 is 6.75. The lowest BCUT2D eigenvalue weighted by atomic mass is 10.0. The third-order valence-corrected chi connectivity index (χ3v) is 8.72. The summed E-state index contributed by atoms with van der Waals surface area (Å²) in [5, 5.41) is 8.04. The maximum Gasteiger partial charge on any atom is 0.410 e. The van der Waals surface area contributed by atoms with E-state index in [4.69, 9.17) is 4.74 Å². The zero-order valence-corrected chi connectivity index (χ0v) is 23.8. The van der Waals surface area contributed by atoms with Crippen LogP contribution in [0.5, 0.6) is 0 Å². The molecule has 11 nitrogen and oxygen atoms in total.